The highest BCUT2D eigenvalue weighted by Gasteiger charge is 2.20. The number of nitrogens with zero attached hydrogens (tertiary/aromatic N) is 4. The van der Waals surface area contributed by atoms with Gasteiger partial charge in [0.1, 0.15) is 5.65 Å². The Labute approximate surface area is 152 Å². The van der Waals surface area contributed by atoms with E-state index in [1.807, 2.05) is 19.3 Å². The van der Waals surface area contributed by atoms with Crippen LogP contribution >= 0.6 is 24.8 Å². The average Bonchev–Trinajstić information content (AvgIpc) is 3.14. The second-order valence-electron chi connectivity index (χ2n) is 5.85. The zero-order valence-electron chi connectivity index (χ0n) is 13.3. The third kappa shape index (κ3) is 3.21. The van der Waals surface area contributed by atoms with Crippen LogP contribution in [0.2, 0.25) is 0 Å². The van der Waals surface area contributed by atoms with Gasteiger partial charge in [0.25, 0.3) is 0 Å². The van der Waals surface area contributed by atoms with Crippen LogP contribution in [0.3, 0.4) is 0 Å². The molecule has 0 aliphatic carbocycles. The van der Waals surface area contributed by atoms with Crippen molar-refractivity contribution < 1.29 is 4.39 Å². The van der Waals surface area contributed by atoms with Crippen LogP contribution < -0.4 is 4.90 Å². The highest BCUT2D eigenvalue weighted by molar-refractivity contribution is 5.94. The predicted molar refractivity (Wildman–Crippen MR) is 98.8 cm³/mol. The number of aromatic amines is 1. The Morgan fingerprint density at radius 2 is 1.88 bits per heavy atom. The number of fused-ring (bicyclic) bond motifs is 1. The molecule has 0 saturated carbocycles. The molecular weight excluding hydrogens is 352 g/mol. The number of H-pyrrole nitrogens is 1. The minimum atomic E-state index is -0.244. The Hall–Kier alpha value is -1.79. The minimum absolute atomic E-state index is 0. The summed E-state index contributed by atoms with van der Waals surface area (Å²) in [4.78, 5) is 9.62. The summed E-state index contributed by atoms with van der Waals surface area (Å²) in [6.07, 6.45) is 8.49. The fourth-order valence-electron chi connectivity index (χ4n) is 3.19. The molecule has 24 heavy (non-hydrogen) atoms. The first-order valence-corrected chi connectivity index (χ1v) is 7.63. The van der Waals surface area contributed by atoms with Gasteiger partial charge >= 0.3 is 0 Å². The van der Waals surface area contributed by atoms with Crippen molar-refractivity contribution in [1.29, 1.82) is 0 Å². The van der Waals surface area contributed by atoms with E-state index in [-0.39, 0.29) is 30.6 Å². The van der Waals surface area contributed by atoms with Gasteiger partial charge in [-0.2, -0.15) is 5.10 Å². The maximum Gasteiger partial charge on any atom is 0.165 e. The van der Waals surface area contributed by atoms with Crippen molar-refractivity contribution in [2.75, 3.05) is 18.0 Å². The number of pyridine rings is 1. The summed E-state index contributed by atoms with van der Waals surface area (Å²) in [5.74, 6) is -0.244. The van der Waals surface area contributed by atoms with E-state index in [0.29, 0.717) is 5.69 Å². The molecule has 5 nitrogen and oxygen atoms in total. The van der Waals surface area contributed by atoms with Crippen LogP contribution in [0.15, 0.2) is 24.7 Å². The molecule has 3 aromatic rings. The van der Waals surface area contributed by atoms with Gasteiger partial charge in [-0.05, 0) is 25.3 Å². The number of hydrogen-bond donors (Lipinski definition) is 1. The highest BCUT2D eigenvalue weighted by atomic mass is 35.5. The standard InChI is InChI=1S/C16H18FN5.2ClH/c1-21-10-11(8-19-21)14-7-12-15(22-5-3-2-4-6-22)13(17)9-18-16(12)20-14;;/h7-10H,2-6H2,1H3,(H,18,20);2*1H. The van der Waals surface area contributed by atoms with E-state index in [2.05, 4.69) is 20.0 Å². The Bertz CT molecular complexity index is 823. The lowest BCUT2D eigenvalue weighted by Gasteiger charge is -2.29. The maximum absolute atomic E-state index is 14.4. The Kier molecular flexibility index (Phi) is 5.72. The molecule has 0 unspecified atom stereocenters. The summed E-state index contributed by atoms with van der Waals surface area (Å²) in [6, 6.07) is 1.98. The molecule has 0 radical (unpaired) electrons. The first kappa shape index (κ1) is 18.5. The maximum atomic E-state index is 14.4. The van der Waals surface area contributed by atoms with Gasteiger partial charge < -0.3 is 9.88 Å². The first-order chi connectivity index (χ1) is 10.7. The number of piperidine rings is 1. The molecule has 8 heteroatoms. The molecule has 1 aliphatic rings. The average molecular weight is 372 g/mol. The quantitative estimate of drug-likeness (QED) is 0.742. The van der Waals surface area contributed by atoms with E-state index in [9.17, 15) is 4.39 Å². The van der Waals surface area contributed by atoms with Crippen molar-refractivity contribution in [3.63, 3.8) is 0 Å². The molecule has 1 fully saturated rings. The molecule has 0 amide bonds. The lowest BCUT2D eigenvalue weighted by atomic mass is 10.1. The molecule has 4 rings (SSSR count). The van der Waals surface area contributed by atoms with Gasteiger partial charge in [-0.25, -0.2) is 9.37 Å². The molecule has 4 heterocycles. The molecule has 1 N–H and O–H groups in total. The second-order valence-corrected chi connectivity index (χ2v) is 5.85. The molecule has 0 atom stereocenters. The van der Waals surface area contributed by atoms with Gasteiger partial charge in [-0.15, -0.1) is 24.8 Å². The number of hydrogen-bond acceptors (Lipinski definition) is 3. The number of rotatable bonds is 2. The molecule has 0 spiro atoms. The third-order valence-corrected chi connectivity index (χ3v) is 4.27. The van der Waals surface area contributed by atoms with Gasteiger partial charge in [-0.3, -0.25) is 4.68 Å². The van der Waals surface area contributed by atoms with Crippen molar-refractivity contribution >= 4 is 41.5 Å². The number of aromatic nitrogens is 4. The van der Waals surface area contributed by atoms with E-state index in [4.69, 9.17) is 0 Å². The number of halogens is 3. The summed E-state index contributed by atoms with van der Waals surface area (Å²) in [5, 5.41) is 5.03. The van der Waals surface area contributed by atoms with E-state index in [1.54, 1.807) is 10.9 Å². The van der Waals surface area contributed by atoms with Crippen LogP contribution in [-0.2, 0) is 7.05 Å². The smallest absolute Gasteiger partial charge is 0.165 e. The minimum Gasteiger partial charge on any atom is -0.369 e. The number of nitrogens with one attached hydrogen (secondary N) is 1. The lowest BCUT2D eigenvalue weighted by Crippen LogP contribution is -2.30. The van der Waals surface area contributed by atoms with Crippen molar-refractivity contribution in [3.8, 4) is 11.3 Å². The normalized spacial score (nSPS) is 14.3. The summed E-state index contributed by atoms with van der Waals surface area (Å²) < 4.78 is 16.1. The molecule has 0 bridgehead atoms. The number of aryl methyl sites for hydroxylation is 1. The van der Waals surface area contributed by atoms with Crippen molar-refractivity contribution in [2.24, 2.45) is 7.05 Å². The van der Waals surface area contributed by atoms with Gasteiger partial charge in [0.15, 0.2) is 5.82 Å². The molecule has 130 valence electrons. The van der Waals surface area contributed by atoms with Crippen LogP contribution in [0.4, 0.5) is 10.1 Å². The van der Waals surface area contributed by atoms with Crippen LogP contribution in [0, 0.1) is 5.82 Å². The highest BCUT2D eigenvalue weighted by Crippen LogP contribution is 2.33. The molecule has 3 aromatic heterocycles. The van der Waals surface area contributed by atoms with Gasteiger partial charge in [-0.1, -0.05) is 0 Å². The van der Waals surface area contributed by atoms with E-state index in [1.165, 1.54) is 12.6 Å². The van der Waals surface area contributed by atoms with E-state index >= 15 is 0 Å². The summed E-state index contributed by atoms with van der Waals surface area (Å²) in [6.45, 7) is 1.81. The van der Waals surface area contributed by atoms with Crippen molar-refractivity contribution in [3.05, 3.63) is 30.5 Å². The van der Waals surface area contributed by atoms with E-state index in [0.717, 1.165) is 48.2 Å². The SMILES string of the molecule is Cl.Cl.Cn1cc(-c2cc3c(N4CCCCC4)c(F)cnc3[nH]2)cn1. The Morgan fingerprint density at radius 1 is 1.12 bits per heavy atom. The zero-order valence-corrected chi connectivity index (χ0v) is 15.0. The van der Waals surface area contributed by atoms with Crippen molar-refractivity contribution in [2.45, 2.75) is 19.3 Å². The zero-order chi connectivity index (χ0) is 15.1. The molecule has 1 aliphatic heterocycles. The van der Waals surface area contributed by atoms with Crippen LogP contribution in [0.1, 0.15) is 19.3 Å². The van der Waals surface area contributed by atoms with Crippen LogP contribution in [-0.4, -0.2) is 32.8 Å². The fourth-order valence-corrected chi connectivity index (χ4v) is 3.19. The number of anilines is 1. The van der Waals surface area contributed by atoms with Gasteiger partial charge in [0.2, 0.25) is 0 Å². The Morgan fingerprint density at radius 3 is 2.54 bits per heavy atom. The summed E-state index contributed by atoms with van der Waals surface area (Å²) >= 11 is 0. The molecule has 1 saturated heterocycles. The van der Waals surface area contributed by atoms with Gasteiger partial charge in [0.05, 0.1) is 23.8 Å². The lowest BCUT2D eigenvalue weighted by molar-refractivity contribution is 0.557. The van der Waals surface area contributed by atoms with Crippen LogP contribution in [0.5, 0.6) is 0 Å². The fraction of sp³-hybridized carbons (Fsp3) is 0.375. The van der Waals surface area contributed by atoms with Crippen molar-refractivity contribution in [1.82, 2.24) is 19.7 Å². The first-order valence-electron chi connectivity index (χ1n) is 7.63. The largest absolute Gasteiger partial charge is 0.369 e. The second kappa shape index (κ2) is 7.40. The molecular formula is C16H20Cl2FN5. The summed E-state index contributed by atoms with van der Waals surface area (Å²) in [7, 11) is 1.88. The molecule has 0 aromatic carbocycles. The van der Waals surface area contributed by atoms with Crippen LogP contribution in [0.25, 0.3) is 22.3 Å². The Balaban J connectivity index is 0.00000104. The van der Waals surface area contributed by atoms with E-state index < -0.39 is 0 Å². The summed E-state index contributed by atoms with van der Waals surface area (Å²) in [5.41, 5.74) is 3.29. The topological polar surface area (TPSA) is 49.7 Å². The third-order valence-electron chi connectivity index (χ3n) is 4.27. The monoisotopic (exact) mass is 371 g/mol. The predicted octanol–water partition coefficient (Wildman–Crippen LogP) is 3.94. The van der Waals surface area contributed by atoms with Gasteiger partial charge in [0, 0.05) is 37.3 Å².